The van der Waals surface area contributed by atoms with Crippen LogP contribution < -0.4 is 15.4 Å². The van der Waals surface area contributed by atoms with E-state index in [2.05, 4.69) is 20.7 Å². The van der Waals surface area contributed by atoms with Crippen molar-refractivity contribution >= 4 is 29.9 Å². The van der Waals surface area contributed by atoms with Gasteiger partial charge in [-0.1, -0.05) is 24.3 Å². The average molecular weight is 545 g/mol. The third-order valence-electron chi connectivity index (χ3n) is 4.17. The van der Waals surface area contributed by atoms with E-state index in [4.69, 9.17) is 4.74 Å². The minimum atomic E-state index is -4.35. The summed E-state index contributed by atoms with van der Waals surface area (Å²) >= 11 is 0. The number of alkyl halides is 3. The van der Waals surface area contributed by atoms with E-state index in [9.17, 15) is 13.2 Å². The van der Waals surface area contributed by atoms with Gasteiger partial charge in [0.1, 0.15) is 5.75 Å². The van der Waals surface area contributed by atoms with Crippen LogP contribution in [0.15, 0.2) is 72.0 Å². The second kappa shape index (κ2) is 11.6. The minimum absolute atomic E-state index is 0. The Labute approximate surface area is 195 Å². The maximum atomic E-state index is 12.2. The van der Waals surface area contributed by atoms with E-state index in [1.54, 1.807) is 30.1 Å². The topological polar surface area (TPSA) is 63.5 Å². The maximum absolute atomic E-state index is 12.2. The van der Waals surface area contributed by atoms with Gasteiger partial charge in [-0.2, -0.15) is 18.3 Å². The molecule has 10 heteroatoms. The summed E-state index contributed by atoms with van der Waals surface area (Å²) in [6.45, 7) is -0.245. The van der Waals surface area contributed by atoms with Gasteiger partial charge in [-0.05, 0) is 41.5 Å². The van der Waals surface area contributed by atoms with Crippen LogP contribution in [-0.2, 0) is 13.1 Å². The predicted octanol–water partition coefficient (Wildman–Crippen LogP) is 4.30. The molecule has 0 aliphatic rings. The standard InChI is InChI=1S/C21H22F3N5O.HI/c1-25-20(26-13-16-3-7-18(8-4-16)29-12-2-11-28-29)27-14-17-5-9-19(10-6-17)30-15-21(22,23)24;/h2-12H,13-15H2,1H3,(H2,25,26,27);1H. The summed E-state index contributed by atoms with van der Waals surface area (Å²) in [6.07, 6.45) is -0.736. The number of hydrogen-bond donors (Lipinski definition) is 2. The van der Waals surface area contributed by atoms with Gasteiger partial charge >= 0.3 is 6.18 Å². The number of nitrogens with zero attached hydrogens (tertiary/aromatic N) is 3. The molecule has 0 saturated carbocycles. The molecule has 166 valence electrons. The Bertz CT molecular complexity index is 943. The second-order valence-corrected chi connectivity index (χ2v) is 6.44. The molecule has 0 fully saturated rings. The molecule has 0 amide bonds. The van der Waals surface area contributed by atoms with Gasteiger partial charge in [-0.15, -0.1) is 24.0 Å². The summed E-state index contributed by atoms with van der Waals surface area (Å²) in [4.78, 5) is 4.18. The van der Waals surface area contributed by atoms with Crippen LogP contribution in [0.5, 0.6) is 5.75 Å². The number of halogens is 4. The molecule has 0 aliphatic heterocycles. The third-order valence-corrected chi connectivity index (χ3v) is 4.17. The fourth-order valence-electron chi connectivity index (χ4n) is 2.65. The van der Waals surface area contributed by atoms with E-state index < -0.39 is 12.8 Å². The van der Waals surface area contributed by atoms with Gasteiger partial charge in [0.25, 0.3) is 0 Å². The van der Waals surface area contributed by atoms with E-state index >= 15 is 0 Å². The van der Waals surface area contributed by atoms with Crippen molar-refractivity contribution in [2.24, 2.45) is 4.99 Å². The molecule has 1 aromatic heterocycles. The lowest BCUT2D eigenvalue weighted by Crippen LogP contribution is -2.36. The van der Waals surface area contributed by atoms with Gasteiger partial charge in [0.15, 0.2) is 12.6 Å². The molecule has 0 spiro atoms. The number of guanidine groups is 1. The molecule has 3 rings (SSSR count). The average Bonchev–Trinajstić information content (AvgIpc) is 3.28. The molecule has 2 aromatic carbocycles. The molecule has 0 saturated heterocycles. The number of hydrogen-bond acceptors (Lipinski definition) is 3. The highest BCUT2D eigenvalue weighted by Gasteiger charge is 2.28. The summed E-state index contributed by atoms with van der Waals surface area (Å²) < 4.78 is 43.1. The first-order valence-corrected chi connectivity index (χ1v) is 9.25. The Balaban J connectivity index is 0.00000341. The first-order chi connectivity index (χ1) is 14.4. The normalized spacial score (nSPS) is 11.5. The Morgan fingerprint density at radius 2 is 1.58 bits per heavy atom. The van der Waals surface area contributed by atoms with E-state index in [1.807, 2.05) is 36.5 Å². The molecule has 0 aliphatic carbocycles. The van der Waals surface area contributed by atoms with Gasteiger partial charge in [0.05, 0.1) is 5.69 Å². The molecule has 2 N–H and O–H groups in total. The number of nitrogens with one attached hydrogen (secondary N) is 2. The third kappa shape index (κ3) is 8.12. The van der Waals surface area contributed by atoms with Crippen LogP contribution in [0.2, 0.25) is 0 Å². The largest absolute Gasteiger partial charge is 0.484 e. The van der Waals surface area contributed by atoms with E-state index in [1.165, 1.54) is 12.1 Å². The number of aromatic nitrogens is 2. The van der Waals surface area contributed by atoms with Crippen molar-refractivity contribution in [3.8, 4) is 11.4 Å². The molecule has 0 radical (unpaired) electrons. The molecule has 31 heavy (non-hydrogen) atoms. The monoisotopic (exact) mass is 545 g/mol. The highest BCUT2D eigenvalue weighted by atomic mass is 127. The maximum Gasteiger partial charge on any atom is 0.422 e. The van der Waals surface area contributed by atoms with Gasteiger partial charge in [-0.3, -0.25) is 4.99 Å². The van der Waals surface area contributed by atoms with Crippen LogP contribution >= 0.6 is 24.0 Å². The van der Waals surface area contributed by atoms with Crippen molar-refractivity contribution in [1.29, 1.82) is 0 Å². The Kier molecular flexibility index (Phi) is 9.16. The van der Waals surface area contributed by atoms with Gasteiger partial charge < -0.3 is 15.4 Å². The Hall–Kier alpha value is -2.76. The minimum Gasteiger partial charge on any atom is -0.484 e. The molecular formula is C21H23F3IN5O. The number of ether oxygens (including phenoxy) is 1. The van der Waals surface area contributed by atoms with Crippen LogP contribution in [0.1, 0.15) is 11.1 Å². The van der Waals surface area contributed by atoms with E-state index in [-0.39, 0.29) is 29.7 Å². The van der Waals surface area contributed by atoms with Crippen molar-refractivity contribution in [1.82, 2.24) is 20.4 Å². The van der Waals surface area contributed by atoms with Gasteiger partial charge in [0.2, 0.25) is 0 Å². The summed E-state index contributed by atoms with van der Waals surface area (Å²) in [5.74, 6) is 0.792. The lowest BCUT2D eigenvalue weighted by molar-refractivity contribution is -0.153. The highest BCUT2D eigenvalue weighted by molar-refractivity contribution is 14.0. The van der Waals surface area contributed by atoms with E-state index in [0.717, 1.165) is 16.8 Å². The van der Waals surface area contributed by atoms with Crippen LogP contribution in [0.4, 0.5) is 13.2 Å². The lowest BCUT2D eigenvalue weighted by atomic mass is 10.2. The van der Waals surface area contributed by atoms with Crippen molar-refractivity contribution in [2.75, 3.05) is 13.7 Å². The quantitative estimate of drug-likeness (QED) is 0.264. The van der Waals surface area contributed by atoms with Crippen molar-refractivity contribution < 1.29 is 17.9 Å². The van der Waals surface area contributed by atoms with E-state index in [0.29, 0.717) is 19.0 Å². The van der Waals surface area contributed by atoms with Crippen molar-refractivity contribution in [3.05, 3.63) is 78.1 Å². The summed E-state index contributed by atoms with van der Waals surface area (Å²) in [5.41, 5.74) is 2.95. The Morgan fingerprint density at radius 1 is 1.00 bits per heavy atom. The molecule has 6 nitrogen and oxygen atoms in total. The first kappa shape index (κ1) is 24.5. The molecule has 0 unspecified atom stereocenters. The zero-order valence-corrected chi connectivity index (χ0v) is 19.1. The SMILES string of the molecule is CN=C(NCc1ccc(OCC(F)(F)F)cc1)NCc1ccc(-n2cccn2)cc1.I. The number of aliphatic imine (C=N–C) groups is 1. The Morgan fingerprint density at radius 3 is 2.06 bits per heavy atom. The van der Waals surface area contributed by atoms with Gasteiger partial charge in [0, 0.05) is 32.5 Å². The summed E-state index contributed by atoms with van der Waals surface area (Å²) in [7, 11) is 1.67. The first-order valence-electron chi connectivity index (χ1n) is 9.25. The lowest BCUT2D eigenvalue weighted by Gasteiger charge is -2.13. The highest BCUT2D eigenvalue weighted by Crippen LogP contribution is 2.18. The number of rotatable bonds is 7. The predicted molar refractivity (Wildman–Crippen MR) is 124 cm³/mol. The number of benzene rings is 2. The zero-order chi connectivity index (χ0) is 21.4. The summed E-state index contributed by atoms with van der Waals surface area (Å²) in [6, 6.07) is 16.3. The molecule has 3 aromatic rings. The smallest absolute Gasteiger partial charge is 0.422 e. The summed E-state index contributed by atoms with van der Waals surface area (Å²) in [5, 5.41) is 10.6. The van der Waals surface area contributed by atoms with Gasteiger partial charge in [-0.25, -0.2) is 4.68 Å². The fourth-order valence-corrected chi connectivity index (χ4v) is 2.65. The molecule has 0 atom stereocenters. The van der Waals surface area contributed by atoms with Crippen molar-refractivity contribution in [2.45, 2.75) is 19.3 Å². The second-order valence-electron chi connectivity index (χ2n) is 6.44. The molecule has 1 heterocycles. The van der Waals surface area contributed by atoms with Crippen LogP contribution in [0.25, 0.3) is 5.69 Å². The van der Waals surface area contributed by atoms with Crippen molar-refractivity contribution in [3.63, 3.8) is 0 Å². The van der Waals surface area contributed by atoms with Crippen LogP contribution in [0, 0.1) is 0 Å². The molecular weight excluding hydrogens is 522 g/mol. The zero-order valence-electron chi connectivity index (χ0n) is 16.8. The van der Waals surface area contributed by atoms with Crippen LogP contribution in [-0.4, -0.2) is 35.6 Å². The fraction of sp³-hybridized carbons (Fsp3) is 0.238. The van der Waals surface area contributed by atoms with Crippen LogP contribution in [0.3, 0.4) is 0 Å². The molecule has 0 bridgehead atoms.